The fourth-order valence-corrected chi connectivity index (χ4v) is 5.31. The lowest BCUT2D eigenvalue weighted by Gasteiger charge is -2.43. The second-order valence-electron chi connectivity index (χ2n) is 7.85. The molecule has 1 atom stereocenters. The number of ether oxygens (including phenoxy) is 6. The number of rotatable bonds is 5. The number of nitrogens with zero attached hydrogens (tertiary/aromatic N) is 1. The molecule has 8 heteroatoms. The summed E-state index contributed by atoms with van der Waals surface area (Å²) in [4.78, 5) is 2.43. The smallest absolute Gasteiger partial charge is 0.231 e. The van der Waals surface area contributed by atoms with Crippen molar-refractivity contribution in [3.8, 4) is 34.5 Å². The first kappa shape index (κ1) is 20.1. The van der Waals surface area contributed by atoms with Gasteiger partial charge in [0.05, 0.1) is 35.0 Å². The van der Waals surface area contributed by atoms with E-state index in [-0.39, 0.29) is 19.4 Å². The molecule has 0 saturated carbocycles. The van der Waals surface area contributed by atoms with Crippen molar-refractivity contribution >= 4 is 0 Å². The van der Waals surface area contributed by atoms with Gasteiger partial charge in [0.25, 0.3) is 0 Å². The Hall–Kier alpha value is -2.84. The van der Waals surface area contributed by atoms with E-state index in [1.54, 1.807) is 28.4 Å². The van der Waals surface area contributed by atoms with Crippen LogP contribution in [-0.4, -0.2) is 51.8 Å². The van der Waals surface area contributed by atoms with Crippen LogP contribution in [0.5, 0.6) is 34.5 Å². The van der Waals surface area contributed by atoms with Gasteiger partial charge in [0.2, 0.25) is 18.3 Å². The Morgan fingerprint density at radius 3 is 2.32 bits per heavy atom. The highest BCUT2D eigenvalue weighted by molar-refractivity contribution is 5.70. The molecule has 0 saturated heterocycles. The molecule has 0 aliphatic carbocycles. The minimum atomic E-state index is -0.121. The molecule has 8 nitrogen and oxygen atoms in total. The fraction of sp³-hybridized carbons (Fsp3) is 0.478. The highest BCUT2D eigenvalue weighted by Crippen LogP contribution is 2.57. The van der Waals surface area contributed by atoms with Crippen LogP contribution in [0, 0.1) is 0 Å². The molecule has 0 bridgehead atoms. The van der Waals surface area contributed by atoms with Crippen LogP contribution < -0.4 is 28.4 Å². The lowest BCUT2D eigenvalue weighted by molar-refractivity contribution is 0.152. The van der Waals surface area contributed by atoms with Crippen LogP contribution in [0.25, 0.3) is 0 Å². The second kappa shape index (κ2) is 7.69. The molecule has 3 heterocycles. The Labute approximate surface area is 181 Å². The molecule has 0 amide bonds. The van der Waals surface area contributed by atoms with E-state index in [9.17, 15) is 5.11 Å². The first-order valence-corrected chi connectivity index (χ1v) is 10.3. The predicted octanol–water partition coefficient (Wildman–Crippen LogP) is 2.60. The van der Waals surface area contributed by atoms with E-state index in [1.807, 2.05) is 6.07 Å². The number of aliphatic hydroxyl groups excluding tert-OH is 1. The van der Waals surface area contributed by atoms with E-state index in [1.165, 1.54) is 0 Å². The normalized spacial score (nSPS) is 18.7. The van der Waals surface area contributed by atoms with Crippen LogP contribution in [0.2, 0.25) is 0 Å². The zero-order valence-corrected chi connectivity index (χ0v) is 18.2. The molecule has 31 heavy (non-hydrogen) atoms. The molecule has 0 radical (unpaired) electrons. The van der Waals surface area contributed by atoms with Crippen LogP contribution in [-0.2, 0) is 26.0 Å². The molecule has 5 rings (SSSR count). The maximum Gasteiger partial charge on any atom is 0.231 e. The number of benzene rings is 2. The fourth-order valence-electron chi connectivity index (χ4n) is 5.31. The number of aliphatic hydroxyl groups is 1. The molecular formula is C23H27NO7. The summed E-state index contributed by atoms with van der Waals surface area (Å²) >= 11 is 0. The van der Waals surface area contributed by atoms with E-state index >= 15 is 0 Å². The van der Waals surface area contributed by atoms with Crippen molar-refractivity contribution < 1.29 is 33.5 Å². The van der Waals surface area contributed by atoms with Crippen molar-refractivity contribution in [3.63, 3.8) is 0 Å². The van der Waals surface area contributed by atoms with Crippen LogP contribution in [0.1, 0.15) is 33.9 Å². The van der Waals surface area contributed by atoms with Crippen molar-refractivity contribution in [2.24, 2.45) is 0 Å². The van der Waals surface area contributed by atoms with E-state index in [4.69, 9.17) is 28.4 Å². The SMILES string of the molecule is COc1cc2c(c(CO)c1OC)C[C@@H]1c3c(c(OC)c4c(c3OC)OCO4)CCN1C2. The molecule has 0 aromatic heterocycles. The number of hydrogen-bond donors (Lipinski definition) is 1. The average Bonchev–Trinajstić information content (AvgIpc) is 3.29. The topological polar surface area (TPSA) is 78.9 Å². The van der Waals surface area contributed by atoms with Gasteiger partial charge in [0.1, 0.15) is 0 Å². The molecule has 166 valence electrons. The zero-order chi connectivity index (χ0) is 21.7. The highest BCUT2D eigenvalue weighted by atomic mass is 16.7. The first-order valence-electron chi connectivity index (χ1n) is 10.3. The third-order valence-corrected chi connectivity index (χ3v) is 6.61. The maximum absolute atomic E-state index is 10.2. The summed E-state index contributed by atoms with van der Waals surface area (Å²) in [7, 11) is 6.54. The molecule has 0 fully saturated rings. The minimum Gasteiger partial charge on any atom is -0.493 e. The Bertz CT molecular complexity index is 1040. The van der Waals surface area contributed by atoms with Gasteiger partial charge in [-0.3, -0.25) is 4.90 Å². The van der Waals surface area contributed by atoms with Crippen LogP contribution >= 0.6 is 0 Å². The van der Waals surface area contributed by atoms with Crippen molar-refractivity contribution in [2.75, 3.05) is 41.8 Å². The monoisotopic (exact) mass is 429 g/mol. The highest BCUT2D eigenvalue weighted by Gasteiger charge is 2.41. The molecule has 1 N–H and O–H groups in total. The molecule has 2 aromatic rings. The summed E-state index contributed by atoms with van der Waals surface area (Å²) in [5.74, 6) is 3.87. The number of methoxy groups -OCH3 is 4. The summed E-state index contributed by atoms with van der Waals surface area (Å²) < 4.78 is 34.2. The van der Waals surface area contributed by atoms with Gasteiger partial charge in [0, 0.05) is 35.8 Å². The number of hydrogen-bond acceptors (Lipinski definition) is 8. The predicted molar refractivity (Wildman–Crippen MR) is 112 cm³/mol. The molecular weight excluding hydrogens is 402 g/mol. The summed E-state index contributed by atoms with van der Waals surface area (Å²) in [6, 6.07) is 2.08. The van der Waals surface area contributed by atoms with Gasteiger partial charge in [-0.15, -0.1) is 0 Å². The third-order valence-electron chi connectivity index (χ3n) is 6.61. The van der Waals surface area contributed by atoms with Gasteiger partial charge in [0.15, 0.2) is 23.0 Å². The van der Waals surface area contributed by atoms with Crippen LogP contribution in [0.3, 0.4) is 0 Å². The lowest BCUT2D eigenvalue weighted by Crippen LogP contribution is -2.40. The quantitative estimate of drug-likeness (QED) is 0.777. The average molecular weight is 429 g/mol. The van der Waals surface area contributed by atoms with Crippen molar-refractivity contribution in [3.05, 3.63) is 33.9 Å². The van der Waals surface area contributed by atoms with Crippen molar-refractivity contribution in [1.29, 1.82) is 0 Å². The van der Waals surface area contributed by atoms with Crippen molar-refractivity contribution in [2.45, 2.75) is 32.0 Å². The van der Waals surface area contributed by atoms with Gasteiger partial charge in [-0.1, -0.05) is 0 Å². The van der Waals surface area contributed by atoms with Gasteiger partial charge in [-0.05, 0) is 30.0 Å². The summed E-state index contributed by atoms with van der Waals surface area (Å²) in [5.41, 5.74) is 5.18. The molecule has 0 spiro atoms. The van der Waals surface area contributed by atoms with Gasteiger partial charge in [-0.2, -0.15) is 0 Å². The zero-order valence-electron chi connectivity index (χ0n) is 18.2. The van der Waals surface area contributed by atoms with E-state index in [0.717, 1.165) is 53.1 Å². The second-order valence-corrected chi connectivity index (χ2v) is 7.85. The van der Waals surface area contributed by atoms with E-state index in [2.05, 4.69) is 4.90 Å². The first-order chi connectivity index (χ1) is 15.2. The molecule has 3 aliphatic heterocycles. The van der Waals surface area contributed by atoms with Gasteiger partial charge < -0.3 is 33.5 Å². The minimum absolute atomic E-state index is 0.0537. The maximum atomic E-state index is 10.2. The van der Waals surface area contributed by atoms with Gasteiger partial charge in [-0.25, -0.2) is 0 Å². The van der Waals surface area contributed by atoms with Crippen LogP contribution in [0.15, 0.2) is 6.07 Å². The molecule has 3 aliphatic rings. The Morgan fingerprint density at radius 1 is 0.968 bits per heavy atom. The summed E-state index contributed by atoms with van der Waals surface area (Å²) in [6.07, 6.45) is 1.52. The third kappa shape index (κ3) is 2.81. The number of fused-ring (bicyclic) bond motifs is 5. The standard InChI is InChI=1S/C23H27NO7/c1-26-17-7-12-9-24-6-5-13-18(16(24)8-14(12)15(10-25)19(17)27-2)21(29-4)23-22(20(13)28-3)30-11-31-23/h7,16,25H,5-6,8-11H2,1-4H3/t16-/m1/s1. The molecule has 2 aromatic carbocycles. The largest absolute Gasteiger partial charge is 0.493 e. The van der Waals surface area contributed by atoms with Gasteiger partial charge >= 0.3 is 0 Å². The summed E-state index contributed by atoms with van der Waals surface area (Å²) in [6.45, 7) is 1.64. The van der Waals surface area contributed by atoms with Crippen LogP contribution in [0.4, 0.5) is 0 Å². The van der Waals surface area contributed by atoms with E-state index < -0.39 is 0 Å². The molecule has 0 unspecified atom stereocenters. The van der Waals surface area contributed by atoms with Crippen molar-refractivity contribution in [1.82, 2.24) is 4.90 Å². The Morgan fingerprint density at radius 2 is 1.68 bits per heavy atom. The lowest BCUT2D eigenvalue weighted by atomic mass is 9.81. The van der Waals surface area contributed by atoms with E-state index in [0.29, 0.717) is 35.2 Å². The Balaban J connectivity index is 1.69. The Kier molecular flexibility index (Phi) is 4.98. The summed E-state index contributed by atoms with van der Waals surface area (Å²) in [5, 5.41) is 10.2.